The Kier molecular flexibility index (Phi) is 9.87. The van der Waals surface area contributed by atoms with Crippen molar-refractivity contribution in [2.24, 2.45) is 4.99 Å². The van der Waals surface area contributed by atoms with Gasteiger partial charge in [0.1, 0.15) is 10.3 Å². The van der Waals surface area contributed by atoms with E-state index in [1.807, 2.05) is 109 Å². The van der Waals surface area contributed by atoms with Crippen molar-refractivity contribution in [1.29, 1.82) is 0 Å². The Morgan fingerprint density at radius 3 is 1.56 bits per heavy atom. The van der Waals surface area contributed by atoms with E-state index in [0.29, 0.717) is 11.4 Å². The first kappa shape index (κ1) is 24.8. The summed E-state index contributed by atoms with van der Waals surface area (Å²) in [6.07, 6.45) is -1.44. The number of benzene rings is 4. The second-order valence-corrected chi connectivity index (χ2v) is 12.1. The first-order chi connectivity index (χ1) is 16.8. The lowest BCUT2D eigenvalue weighted by atomic mass is 10.3. The summed E-state index contributed by atoms with van der Waals surface area (Å²) in [5, 5.41) is 0. The Hall–Kier alpha value is -2.32. The maximum atomic E-state index is 16.2. The molecule has 4 aromatic rings. The van der Waals surface area contributed by atoms with Gasteiger partial charge in [-0.3, -0.25) is 0 Å². The molecule has 0 bridgehead atoms. The van der Waals surface area contributed by atoms with Gasteiger partial charge in [0.05, 0.1) is 5.69 Å². The van der Waals surface area contributed by atoms with Gasteiger partial charge in [-0.25, -0.2) is 9.38 Å². The van der Waals surface area contributed by atoms with Crippen LogP contribution in [0.5, 0.6) is 5.75 Å². The van der Waals surface area contributed by atoms with Crippen molar-refractivity contribution >= 4 is 54.8 Å². The topological polar surface area (TPSA) is 21.6 Å². The Morgan fingerprint density at radius 2 is 1.06 bits per heavy atom. The van der Waals surface area contributed by atoms with Crippen LogP contribution in [0.1, 0.15) is 0 Å². The van der Waals surface area contributed by atoms with Crippen LogP contribution in [0, 0.1) is 0 Å². The molecule has 0 heterocycles. The van der Waals surface area contributed by atoms with Crippen LogP contribution >= 0.6 is 43.2 Å². The van der Waals surface area contributed by atoms with Gasteiger partial charge in [0.15, 0.2) is 6.17 Å². The minimum Gasteiger partial charge on any atom is -0.440 e. The van der Waals surface area contributed by atoms with Crippen LogP contribution in [-0.4, -0.2) is 16.7 Å². The van der Waals surface area contributed by atoms with Gasteiger partial charge in [-0.1, -0.05) is 116 Å². The van der Waals surface area contributed by atoms with Gasteiger partial charge in [-0.15, -0.1) is 0 Å². The second-order valence-electron chi connectivity index (χ2n) is 6.96. The highest BCUT2D eigenvalue weighted by atomic mass is 33.1. The zero-order valence-corrected chi connectivity index (χ0v) is 21.3. The molecule has 0 radical (unpaired) electrons. The quantitative estimate of drug-likeness (QED) is 0.0891. The fourth-order valence-electron chi connectivity index (χ4n) is 2.77. The summed E-state index contributed by atoms with van der Waals surface area (Å²) in [6, 6.07) is 38.6. The van der Waals surface area contributed by atoms with E-state index < -0.39 is 10.8 Å². The van der Waals surface area contributed by atoms with E-state index in [4.69, 9.17) is 4.74 Å². The van der Waals surface area contributed by atoms with Gasteiger partial charge >= 0.3 is 0 Å². The van der Waals surface area contributed by atoms with E-state index in [0.717, 1.165) is 9.79 Å². The van der Waals surface area contributed by atoms with Crippen molar-refractivity contribution in [3.8, 4) is 5.75 Å². The predicted molar refractivity (Wildman–Crippen MR) is 149 cm³/mol. The van der Waals surface area contributed by atoms with Gasteiger partial charge in [-0.2, -0.15) is 0 Å². The third-order valence-electron chi connectivity index (χ3n) is 4.40. The molecule has 0 saturated carbocycles. The number of para-hydroxylation sites is 2. The normalized spacial score (nSPS) is 12.5. The van der Waals surface area contributed by atoms with Crippen LogP contribution in [0.15, 0.2) is 136 Å². The Bertz CT molecular complexity index is 1100. The highest BCUT2D eigenvalue weighted by Crippen LogP contribution is 2.48. The van der Waals surface area contributed by atoms with Crippen LogP contribution in [0.4, 0.5) is 10.1 Å². The zero-order chi connectivity index (χ0) is 23.4. The summed E-state index contributed by atoms with van der Waals surface area (Å²) in [5.41, 5.74) is 0.649. The molecule has 2 nitrogen and oxygen atoms in total. The standard InChI is InChI=1S/C27H22FNOS4/c28-25(26(29-21-13-5-1-6-14-21)30-22-15-7-2-8-16-22)27(33-31-23-17-9-3-10-18-23)34-32-24-19-11-4-12-20-24/h1-20,25,27H. The monoisotopic (exact) mass is 523 g/mol. The van der Waals surface area contributed by atoms with Gasteiger partial charge in [0.25, 0.3) is 0 Å². The molecule has 34 heavy (non-hydrogen) atoms. The molecule has 7 heteroatoms. The number of aliphatic imine (C=N–C) groups is 1. The summed E-state index contributed by atoms with van der Waals surface area (Å²) in [7, 11) is 6.06. The molecule has 0 amide bonds. The van der Waals surface area contributed by atoms with Crippen LogP contribution < -0.4 is 4.74 Å². The lowest BCUT2D eigenvalue weighted by Crippen LogP contribution is -2.29. The van der Waals surface area contributed by atoms with E-state index in [2.05, 4.69) is 4.99 Å². The second kappa shape index (κ2) is 13.5. The summed E-state index contributed by atoms with van der Waals surface area (Å²) in [5.74, 6) is 0.602. The molecule has 0 N–H and O–H groups in total. The molecule has 0 aromatic heterocycles. The molecular formula is C27H22FNOS4. The van der Waals surface area contributed by atoms with Crippen molar-refractivity contribution in [2.45, 2.75) is 20.5 Å². The predicted octanol–water partition coefficient (Wildman–Crippen LogP) is 9.34. The minimum atomic E-state index is -1.44. The largest absolute Gasteiger partial charge is 0.440 e. The molecular weight excluding hydrogens is 502 g/mol. The van der Waals surface area contributed by atoms with E-state index in [-0.39, 0.29) is 5.90 Å². The smallest absolute Gasteiger partial charge is 0.231 e. The maximum absolute atomic E-state index is 16.2. The molecule has 0 saturated heterocycles. The molecule has 4 rings (SSSR count). The van der Waals surface area contributed by atoms with Crippen LogP contribution in [0.2, 0.25) is 0 Å². The third kappa shape index (κ3) is 7.87. The summed E-state index contributed by atoms with van der Waals surface area (Å²) in [4.78, 5) is 6.70. The number of halogens is 1. The number of nitrogens with zero attached hydrogens (tertiary/aromatic N) is 1. The number of hydrogen-bond acceptors (Lipinski definition) is 6. The van der Waals surface area contributed by atoms with E-state index in [1.54, 1.807) is 33.7 Å². The zero-order valence-electron chi connectivity index (χ0n) is 18.1. The molecule has 0 aliphatic carbocycles. The number of hydrogen-bond donors (Lipinski definition) is 0. The van der Waals surface area contributed by atoms with Crippen molar-refractivity contribution < 1.29 is 9.13 Å². The summed E-state index contributed by atoms with van der Waals surface area (Å²) >= 11 is 0. The Balaban J connectivity index is 1.58. The highest BCUT2D eigenvalue weighted by molar-refractivity contribution is 8.85. The molecule has 4 aromatic carbocycles. The van der Waals surface area contributed by atoms with Crippen LogP contribution in [0.3, 0.4) is 0 Å². The number of alkyl halides is 1. The van der Waals surface area contributed by atoms with E-state index in [1.165, 1.54) is 21.6 Å². The first-order valence-corrected chi connectivity index (χ1v) is 15.0. The van der Waals surface area contributed by atoms with E-state index in [9.17, 15) is 0 Å². The van der Waals surface area contributed by atoms with Gasteiger partial charge in [0, 0.05) is 9.79 Å². The molecule has 172 valence electrons. The Labute approximate surface area is 215 Å². The molecule has 1 unspecified atom stereocenters. The van der Waals surface area contributed by atoms with Crippen molar-refractivity contribution in [1.82, 2.24) is 0 Å². The average molecular weight is 524 g/mol. The number of ether oxygens (including phenoxy) is 1. The van der Waals surface area contributed by atoms with Crippen molar-refractivity contribution in [2.75, 3.05) is 0 Å². The summed E-state index contributed by atoms with van der Waals surface area (Å²) < 4.78 is 21.7. The SMILES string of the molecule is FC(C(=Nc1ccccc1)Oc1ccccc1)C(SSc1ccccc1)SSc1ccccc1. The molecule has 0 fully saturated rings. The molecule has 0 aliphatic rings. The van der Waals surface area contributed by atoms with Crippen LogP contribution in [-0.2, 0) is 0 Å². The van der Waals surface area contributed by atoms with Crippen molar-refractivity contribution in [3.05, 3.63) is 121 Å². The Morgan fingerprint density at radius 1 is 0.618 bits per heavy atom. The number of rotatable bonds is 10. The molecule has 1 atom stereocenters. The fraction of sp³-hybridized carbons (Fsp3) is 0.0741. The van der Waals surface area contributed by atoms with Gasteiger partial charge in [0.2, 0.25) is 5.90 Å². The van der Waals surface area contributed by atoms with Gasteiger partial charge < -0.3 is 4.74 Å². The van der Waals surface area contributed by atoms with Gasteiger partial charge in [-0.05, 0) is 48.5 Å². The van der Waals surface area contributed by atoms with Crippen LogP contribution in [0.25, 0.3) is 0 Å². The molecule has 0 aliphatic heterocycles. The summed E-state index contributed by atoms with van der Waals surface area (Å²) in [6.45, 7) is 0. The lowest BCUT2D eigenvalue weighted by molar-refractivity contribution is 0.389. The van der Waals surface area contributed by atoms with E-state index >= 15 is 4.39 Å². The first-order valence-electron chi connectivity index (χ1n) is 10.6. The van der Waals surface area contributed by atoms with Crippen molar-refractivity contribution in [3.63, 3.8) is 0 Å². The molecule has 0 spiro atoms. The lowest BCUT2D eigenvalue weighted by Gasteiger charge is -2.21. The fourth-order valence-corrected chi connectivity index (χ4v) is 8.62. The highest BCUT2D eigenvalue weighted by Gasteiger charge is 2.31. The average Bonchev–Trinajstić information content (AvgIpc) is 2.90. The maximum Gasteiger partial charge on any atom is 0.231 e. The third-order valence-corrected chi connectivity index (χ3v) is 10.7. The minimum absolute atomic E-state index is 0.0460.